The Morgan fingerprint density at radius 3 is 2.07 bits per heavy atom. The van der Waals surface area contributed by atoms with Gasteiger partial charge in [-0.2, -0.15) is 4.98 Å². The first-order chi connectivity index (χ1) is 27.4. The van der Waals surface area contributed by atoms with E-state index in [9.17, 15) is 34.1 Å². The van der Waals surface area contributed by atoms with E-state index in [0.29, 0.717) is 12.4 Å². The normalized spacial score (nSPS) is 24.3. The summed E-state index contributed by atoms with van der Waals surface area (Å²) in [5.74, 6) is 0.365. The van der Waals surface area contributed by atoms with Crippen LogP contribution in [-0.4, -0.2) is 84.4 Å². The fourth-order valence-electron chi connectivity index (χ4n) is 7.09. The maximum Gasteiger partial charge on any atom is 0.472 e. The predicted octanol–water partition coefficient (Wildman–Crippen LogP) is 5.49. The van der Waals surface area contributed by atoms with Gasteiger partial charge in [-0.3, -0.25) is 28.0 Å². The third-order valence-electron chi connectivity index (χ3n) is 10.4. The lowest BCUT2D eigenvalue weighted by Gasteiger charge is -2.20. The fraction of sp³-hybridized carbons (Fsp3) is 0.784. The van der Waals surface area contributed by atoms with Crippen LogP contribution < -0.4 is 22.3 Å². The summed E-state index contributed by atoms with van der Waals surface area (Å²) < 4.78 is 36.4. The highest BCUT2D eigenvalue weighted by Crippen LogP contribution is 2.45. The number of aliphatic hydroxyl groups excluding tert-OH is 2. The van der Waals surface area contributed by atoms with E-state index in [1.54, 1.807) is 6.07 Å². The van der Waals surface area contributed by atoms with E-state index in [-0.39, 0.29) is 12.0 Å². The molecule has 4 heterocycles. The second-order valence-corrected chi connectivity index (χ2v) is 16.4. The van der Waals surface area contributed by atoms with Gasteiger partial charge in [-0.15, -0.1) is 0 Å². The number of unbranched alkanes of at least 4 members (excludes halogenated alkanes) is 15. The molecular formula is C37H61N8O11P. The molecule has 5 N–H and O–H groups in total. The van der Waals surface area contributed by atoms with Gasteiger partial charge in [-0.25, -0.2) is 14.2 Å². The van der Waals surface area contributed by atoms with Crippen LogP contribution in [0.5, 0.6) is 0 Å². The minimum Gasteiger partial charge on any atom is -0.387 e. The van der Waals surface area contributed by atoms with Gasteiger partial charge in [-0.05, 0) is 24.9 Å². The quantitative estimate of drug-likeness (QED) is 0.0245. The lowest BCUT2D eigenvalue weighted by Crippen LogP contribution is -2.36. The van der Waals surface area contributed by atoms with Crippen molar-refractivity contribution in [2.24, 2.45) is 5.11 Å². The second-order valence-electron chi connectivity index (χ2n) is 15.0. The number of hydrogen-bond acceptors (Lipinski definition) is 13. The Kier molecular flexibility index (Phi) is 19.4. The van der Waals surface area contributed by atoms with Gasteiger partial charge in [0.25, 0.3) is 5.56 Å². The molecule has 320 valence electrons. The Balaban J connectivity index is 1.13. The van der Waals surface area contributed by atoms with Crippen molar-refractivity contribution >= 4 is 13.6 Å². The molecule has 0 aliphatic carbocycles. The zero-order valence-electron chi connectivity index (χ0n) is 33.2. The number of nitrogens with one attached hydrogen (secondary N) is 2. The van der Waals surface area contributed by atoms with Gasteiger partial charge in [0, 0.05) is 35.8 Å². The van der Waals surface area contributed by atoms with Gasteiger partial charge in [0.1, 0.15) is 30.4 Å². The summed E-state index contributed by atoms with van der Waals surface area (Å²) >= 11 is 0. The van der Waals surface area contributed by atoms with Crippen LogP contribution in [0.3, 0.4) is 0 Å². The minimum absolute atomic E-state index is 0.00623. The van der Waals surface area contributed by atoms with Crippen molar-refractivity contribution in [1.82, 2.24) is 19.1 Å². The van der Waals surface area contributed by atoms with Gasteiger partial charge in [0.2, 0.25) is 0 Å². The molecule has 0 saturated carbocycles. The highest BCUT2D eigenvalue weighted by molar-refractivity contribution is 7.47. The molecule has 8 atom stereocenters. The number of H-pyrrole nitrogens is 1. The fourth-order valence-corrected chi connectivity index (χ4v) is 7.83. The summed E-state index contributed by atoms with van der Waals surface area (Å²) in [6.45, 7) is 3.09. The Hall–Kier alpha value is -3.38. The number of rotatable bonds is 27. The summed E-state index contributed by atoms with van der Waals surface area (Å²) in [5, 5.41) is 28.1. The SMILES string of the molecule is CCCCCCCCCCCCCCCCCCNc1ccn(C2OC(COP(=O)(O)OCC3OC(n4cc(C)c(=O)[nH]c4=O)CC3N=[N+]=[N-])C(O)C2O)c(=O)n1. The smallest absolute Gasteiger partial charge is 0.387 e. The summed E-state index contributed by atoms with van der Waals surface area (Å²) in [6.07, 6.45) is 15.3. The van der Waals surface area contributed by atoms with E-state index < -0.39 is 80.9 Å². The summed E-state index contributed by atoms with van der Waals surface area (Å²) in [5.41, 5.74) is 7.18. The molecule has 2 aliphatic heterocycles. The van der Waals surface area contributed by atoms with E-state index in [0.717, 1.165) is 28.4 Å². The lowest BCUT2D eigenvalue weighted by atomic mass is 10.0. The largest absolute Gasteiger partial charge is 0.472 e. The van der Waals surface area contributed by atoms with Crippen molar-refractivity contribution < 1.29 is 38.2 Å². The third kappa shape index (κ3) is 14.7. The molecule has 0 amide bonds. The molecule has 0 radical (unpaired) electrons. The van der Waals surface area contributed by atoms with Crippen molar-refractivity contribution in [1.29, 1.82) is 0 Å². The van der Waals surface area contributed by atoms with Gasteiger partial charge in [-0.1, -0.05) is 108 Å². The monoisotopic (exact) mass is 824 g/mol. The predicted molar refractivity (Wildman–Crippen MR) is 212 cm³/mol. The summed E-state index contributed by atoms with van der Waals surface area (Å²) in [4.78, 5) is 56.2. The standard InChI is InChI=1S/C37H61N8O11P/c1-3-4-5-6-7-8-9-10-11-12-13-14-15-16-17-18-20-39-30-19-21-44(36(49)40-30)35-33(47)32(46)29(56-35)25-54-57(51,52)53-24-28-27(42-43-38)22-31(55-28)45-23-26(2)34(48)41-37(45)50/h19,21,23,27-29,31-33,35,46-47H,3-18,20,22,24-25H2,1-2H3,(H,51,52)(H,39,40,49)(H,41,48,50). The number of phosphoric acid groups is 1. The number of ether oxygens (including phenoxy) is 2. The van der Waals surface area contributed by atoms with Crippen LogP contribution in [0.25, 0.3) is 10.4 Å². The van der Waals surface area contributed by atoms with Gasteiger partial charge in [0.15, 0.2) is 6.23 Å². The molecule has 2 aromatic heterocycles. The van der Waals surface area contributed by atoms with Crippen LogP contribution in [0.1, 0.15) is 134 Å². The number of aliphatic hydroxyl groups is 2. The number of azide groups is 1. The van der Waals surface area contributed by atoms with E-state index in [2.05, 4.69) is 32.2 Å². The first-order valence-corrected chi connectivity index (χ1v) is 21.9. The Labute approximate surface area is 332 Å². The number of nitrogens with zero attached hydrogens (tertiary/aromatic N) is 6. The number of hydrogen-bond donors (Lipinski definition) is 5. The number of aromatic nitrogens is 4. The van der Waals surface area contributed by atoms with Crippen LogP contribution in [-0.2, 0) is 23.1 Å². The van der Waals surface area contributed by atoms with Crippen LogP contribution in [0.4, 0.5) is 5.82 Å². The van der Waals surface area contributed by atoms with Gasteiger partial charge >= 0.3 is 19.2 Å². The first-order valence-electron chi connectivity index (χ1n) is 20.4. The Morgan fingerprint density at radius 1 is 0.912 bits per heavy atom. The topological polar surface area (TPSA) is 265 Å². The second kappa shape index (κ2) is 23.9. The molecule has 8 unspecified atom stereocenters. The first kappa shape index (κ1) is 46.3. The number of phosphoric ester groups is 1. The summed E-state index contributed by atoms with van der Waals surface area (Å²) in [7, 11) is -4.84. The summed E-state index contributed by atoms with van der Waals surface area (Å²) in [6, 6.07) is 0.659. The van der Waals surface area contributed by atoms with E-state index in [4.69, 9.17) is 24.1 Å². The average molecular weight is 825 g/mol. The number of aryl methyl sites for hydroxylation is 1. The molecule has 4 rings (SSSR count). The highest BCUT2D eigenvalue weighted by atomic mass is 31.2. The average Bonchev–Trinajstić information content (AvgIpc) is 3.71. The zero-order chi connectivity index (χ0) is 41.2. The zero-order valence-corrected chi connectivity index (χ0v) is 34.0. The number of aromatic amines is 1. The Morgan fingerprint density at radius 2 is 1.49 bits per heavy atom. The maximum atomic E-state index is 12.9. The lowest BCUT2D eigenvalue weighted by molar-refractivity contribution is -0.0582. The molecule has 2 fully saturated rings. The Bertz CT molecular complexity index is 1800. The molecule has 57 heavy (non-hydrogen) atoms. The van der Waals surface area contributed by atoms with Gasteiger partial charge < -0.3 is 29.9 Å². The van der Waals surface area contributed by atoms with Crippen LogP contribution >= 0.6 is 7.82 Å². The molecule has 19 nitrogen and oxygen atoms in total. The molecule has 2 aliphatic rings. The highest BCUT2D eigenvalue weighted by Gasteiger charge is 2.45. The van der Waals surface area contributed by atoms with Crippen molar-refractivity contribution in [3.8, 4) is 0 Å². The van der Waals surface area contributed by atoms with Crippen molar-refractivity contribution in [3.05, 3.63) is 65.8 Å². The molecule has 0 spiro atoms. The molecule has 20 heteroatoms. The van der Waals surface area contributed by atoms with Crippen molar-refractivity contribution in [3.63, 3.8) is 0 Å². The molecule has 2 saturated heterocycles. The van der Waals surface area contributed by atoms with Crippen LogP contribution in [0.15, 0.2) is 38.0 Å². The molecule has 0 bridgehead atoms. The van der Waals surface area contributed by atoms with Gasteiger partial charge in [0.05, 0.1) is 25.4 Å². The third-order valence-corrected chi connectivity index (χ3v) is 11.4. The number of anilines is 1. The minimum atomic E-state index is -4.84. The van der Waals surface area contributed by atoms with E-state index in [1.807, 2.05) is 0 Å². The van der Waals surface area contributed by atoms with Crippen molar-refractivity contribution in [2.75, 3.05) is 25.1 Å². The van der Waals surface area contributed by atoms with Crippen LogP contribution in [0, 0.1) is 6.92 Å². The van der Waals surface area contributed by atoms with Crippen molar-refractivity contribution in [2.45, 2.75) is 166 Å². The van der Waals surface area contributed by atoms with E-state index in [1.165, 1.54) is 103 Å². The molecule has 0 aromatic carbocycles. The van der Waals surface area contributed by atoms with Crippen LogP contribution in [0.2, 0.25) is 0 Å². The molecule has 2 aromatic rings. The molecular weight excluding hydrogens is 763 g/mol. The maximum absolute atomic E-state index is 12.9. The van der Waals surface area contributed by atoms with E-state index >= 15 is 0 Å².